The van der Waals surface area contributed by atoms with Gasteiger partial charge in [0.1, 0.15) is 16.3 Å². The number of nitrogens with zero attached hydrogens (tertiary/aromatic N) is 1. The number of furan rings is 1. The molecule has 0 aliphatic rings. The van der Waals surface area contributed by atoms with Gasteiger partial charge < -0.3 is 18.8 Å². The molecule has 0 aliphatic heterocycles. The maximum Gasteiger partial charge on any atom is 0.373 e. The monoisotopic (exact) mass is 432 g/mol. The summed E-state index contributed by atoms with van der Waals surface area (Å²) in [5.74, 6) is -1.91. The van der Waals surface area contributed by atoms with Crippen LogP contribution in [-0.2, 0) is 21.2 Å². The van der Waals surface area contributed by atoms with Crippen molar-refractivity contribution in [3.05, 3.63) is 65.4 Å². The number of carbonyl (C=O) groups excluding carboxylic acids is 1. The standard InChI is InChI=1S/C20H20N2O7S/c1-4-16-18(11-17(29-16)20(25)28-3)30(26,27)21-13-7-8-14(12(2)10-13)22-9-5-6-15(22)19(23)24/h5-11,21H,4H2,1-3H3,(H,23,24). The lowest BCUT2D eigenvalue weighted by molar-refractivity contribution is 0.0562. The highest BCUT2D eigenvalue weighted by Crippen LogP contribution is 2.27. The molecule has 0 radical (unpaired) electrons. The van der Waals surface area contributed by atoms with Crippen LogP contribution < -0.4 is 4.72 Å². The van der Waals surface area contributed by atoms with Gasteiger partial charge >= 0.3 is 11.9 Å². The Labute approximate surface area is 172 Å². The number of aromatic carboxylic acids is 1. The highest BCUT2D eigenvalue weighted by Gasteiger charge is 2.26. The van der Waals surface area contributed by atoms with Crippen molar-refractivity contribution in [2.24, 2.45) is 0 Å². The van der Waals surface area contributed by atoms with E-state index in [0.29, 0.717) is 11.3 Å². The van der Waals surface area contributed by atoms with Crippen molar-refractivity contribution in [3.8, 4) is 5.69 Å². The van der Waals surface area contributed by atoms with Gasteiger partial charge in [-0.15, -0.1) is 0 Å². The number of sulfonamides is 1. The van der Waals surface area contributed by atoms with E-state index >= 15 is 0 Å². The highest BCUT2D eigenvalue weighted by atomic mass is 32.2. The maximum atomic E-state index is 12.9. The van der Waals surface area contributed by atoms with E-state index in [-0.39, 0.29) is 34.2 Å². The van der Waals surface area contributed by atoms with Crippen LogP contribution in [0.3, 0.4) is 0 Å². The average Bonchev–Trinajstić information content (AvgIpc) is 3.34. The van der Waals surface area contributed by atoms with Gasteiger partial charge in [0.2, 0.25) is 5.76 Å². The molecule has 0 aliphatic carbocycles. The van der Waals surface area contributed by atoms with E-state index in [0.717, 1.165) is 6.07 Å². The Hall–Kier alpha value is -3.53. The molecule has 9 nitrogen and oxygen atoms in total. The first-order valence-electron chi connectivity index (χ1n) is 8.93. The van der Waals surface area contributed by atoms with Gasteiger partial charge in [0, 0.05) is 30.1 Å². The van der Waals surface area contributed by atoms with Crippen molar-refractivity contribution in [3.63, 3.8) is 0 Å². The van der Waals surface area contributed by atoms with Gasteiger partial charge in [-0.2, -0.15) is 0 Å². The molecule has 0 saturated heterocycles. The molecule has 2 aromatic heterocycles. The molecular formula is C20H20N2O7S. The van der Waals surface area contributed by atoms with Crippen LogP contribution in [0.1, 0.15) is 39.3 Å². The zero-order valence-electron chi connectivity index (χ0n) is 16.5. The summed E-state index contributed by atoms with van der Waals surface area (Å²) in [6.45, 7) is 3.44. The highest BCUT2D eigenvalue weighted by molar-refractivity contribution is 7.92. The molecule has 1 aromatic carbocycles. The second-order valence-corrected chi connectivity index (χ2v) is 8.07. The zero-order valence-corrected chi connectivity index (χ0v) is 17.3. The molecule has 10 heteroatoms. The quantitative estimate of drug-likeness (QED) is 0.549. The number of hydrogen-bond donors (Lipinski definition) is 2. The molecule has 3 aromatic rings. The number of rotatable bonds is 7. The normalized spacial score (nSPS) is 11.3. The Morgan fingerprint density at radius 2 is 1.97 bits per heavy atom. The number of anilines is 1. The van der Waals surface area contributed by atoms with E-state index in [9.17, 15) is 23.1 Å². The summed E-state index contributed by atoms with van der Waals surface area (Å²) in [5, 5.41) is 9.29. The molecule has 0 spiro atoms. The minimum atomic E-state index is -4.03. The van der Waals surface area contributed by atoms with Crippen LogP contribution in [0.25, 0.3) is 5.69 Å². The smallest absolute Gasteiger partial charge is 0.373 e. The fraction of sp³-hybridized carbons (Fsp3) is 0.200. The Bertz CT molecular complexity index is 1220. The summed E-state index contributed by atoms with van der Waals surface area (Å²) in [4.78, 5) is 22.9. The second kappa shape index (κ2) is 8.07. The summed E-state index contributed by atoms with van der Waals surface area (Å²) in [6, 6.07) is 8.96. The van der Waals surface area contributed by atoms with Crippen LogP contribution in [0, 0.1) is 6.92 Å². The number of ether oxygens (including phenoxy) is 1. The lowest BCUT2D eigenvalue weighted by atomic mass is 10.1. The molecular weight excluding hydrogens is 412 g/mol. The summed E-state index contributed by atoms with van der Waals surface area (Å²) in [6.07, 6.45) is 1.87. The molecule has 0 atom stereocenters. The number of methoxy groups -OCH3 is 1. The summed E-state index contributed by atoms with van der Waals surface area (Å²) in [5.41, 5.74) is 1.63. The summed E-state index contributed by atoms with van der Waals surface area (Å²) in [7, 11) is -2.86. The predicted octanol–water partition coefficient (Wildman–Crippen LogP) is 3.23. The van der Waals surface area contributed by atoms with E-state index in [1.165, 1.54) is 23.8 Å². The molecule has 0 bridgehead atoms. The van der Waals surface area contributed by atoms with Crippen LogP contribution in [0.15, 0.2) is 51.9 Å². The number of carbonyl (C=O) groups is 2. The van der Waals surface area contributed by atoms with E-state index < -0.39 is 22.0 Å². The first kappa shape index (κ1) is 21.2. The number of carboxylic acid groups (broad SMARTS) is 1. The SMILES string of the molecule is CCc1oc(C(=O)OC)cc1S(=O)(=O)Nc1ccc(-n2cccc2C(=O)O)c(C)c1. The number of nitrogens with one attached hydrogen (secondary N) is 1. The molecule has 2 heterocycles. The number of aryl methyl sites for hydroxylation is 2. The molecule has 0 amide bonds. The van der Waals surface area contributed by atoms with Gasteiger partial charge in [0.25, 0.3) is 10.0 Å². The van der Waals surface area contributed by atoms with Crippen LogP contribution in [0.5, 0.6) is 0 Å². The molecule has 0 unspecified atom stereocenters. The molecule has 158 valence electrons. The number of hydrogen-bond acceptors (Lipinski definition) is 6. The molecule has 0 saturated carbocycles. The third-order valence-corrected chi connectivity index (χ3v) is 5.87. The number of benzene rings is 1. The Balaban J connectivity index is 1.94. The van der Waals surface area contributed by atoms with Crippen molar-refractivity contribution >= 4 is 27.6 Å². The number of aromatic nitrogens is 1. The maximum absolute atomic E-state index is 12.9. The van der Waals surface area contributed by atoms with Gasteiger partial charge in [-0.3, -0.25) is 4.72 Å². The molecule has 2 N–H and O–H groups in total. The van der Waals surface area contributed by atoms with Crippen LogP contribution in [-0.4, -0.2) is 37.1 Å². The second-order valence-electron chi connectivity index (χ2n) is 6.42. The Morgan fingerprint density at radius 1 is 1.23 bits per heavy atom. The third kappa shape index (κ3) is 3.94. The Kier molecular flexibility index (Phi) is 5.70. The van der Waals surface area contributed by atoms with Crippen molar-refractivity contribution < 1.29 is 32.3 Å². The fourth-order valence-electron chi connectivity index (χ4n) is 3.05. The van der Waals surface area contributed by atoms with Crippen LogP contribution >= 0.6 is 0 Å². The Morgan fingerprint density at radius 3 is 2.57 bits per heavy atom. The fourth-order valence-corrected chi connectivity index (χ4v) is 4.35. The van der Waals surface area contributed by atoms with Gasteiger partial charge in [-0.25, -0.2) is 18.0 Å². The van der Waals surface area contributed by atoms with Gasteiger partial charge in [-0.05, 0) is 42.8 Å². The third-order valence-electron chi connectivity index (χ3n) is 4.44. The first-order chi connectivity index (χ1) is 14.2. The van der Waals surface area contributed by atoms with Crippen molar-refractivity contribution in [2.75, 3.05) is 11.8 Å². The lowest BCUT2D eigenvalue weighted by Crippen LogP contribution is -2.14. The van der Waals surface area contributed by atoms with E-state index in [4.69, 9.17) is 4.42 Å². The van der Waals surface area contributed by atoms with Crippen LogP contribution in [0.2, 0.25) is 0 Å². The van der Waals surface area contributed by atoms with Crippen molar-refractivity contribution in [1.82, 2.24) is 4.57 Å². The summed E-state index contributed by atoms with van der Waals surface area (Å²) >= 11 is 0. The van der Waals surface area contributed by atoms with Crippen molar-refractivity contribution in [1.29, 1.82) is 0 Å². The largest absolute Gasteiger partial charge is 0.477 e. The van der Waals surface area contributed by atoms with Crippen molar-refractivity contribution in [2.45, 2.75) is 25.2 Å². The minimum absolute atomic E-state index is 0.0905. The van der Waals surface area contributed by atoms with E-state index in [1.54, 1.807) is 38.2 Å². The number of carboxylic acids is 1. The zero-order chi connectivity index (χ0) is 22.1. The topological polar surface area (TPSA) is 128 Å². The molecule has 0 fully saturated rings. The first-order valence-corrected chi connectivity index (χ1v) is 10.4. The minimum Gasteiger partial charge on any atom is -0.477 e. The predicted molar refractivity (Wildman–Crippen MR) is 108 cm³/mol. The van der Waals surface area contributed by atoms with Gasteiger partial charge in [0.15, 0.2) is 0 Å². The average molecular weight is 432 g/mol. The summed E-state index contributed by atoms with van der Waals surface area (Å²) < 4.78 is 39.6. The van der Waals surface area contributed by atoms with Gasteiger partial charge in [0.05, 0.1) is 7.11 Å². The lowest BCUT2D eigenvalue weighted by Gasteiger charge is -2.13. The van der Waals surface area contributed by atoms with E-state index in [1.807, 2.05) is 0 Å². The van der Waals surface area contributed by atoms with E-state index in [2.05, 4.69) is 9.46 Å². The molecule has 3 rings (SSSR count). The number of esters is 1. The molecule has 30 heavy (non-hydrogen) atoms. The van der Waals surface area contributed by atoms with Crippen LogP contribution in [0.4, 0.5) is 5.69 Å². The van der Waals surface area contributed by atoms with Gasteiger partial charge in [-0.1, -0.05) is 6.92 Å².